The molecule has 0 spiro atoms. The van der Waals surface area contributed by atoms with E-state index >= 15 is 0 Å². The molecule has 20 heavy (non-hydrogen) atoms. The van der Waals surface area contributed by atoms with Gasteiger partial charge in [0.05, 0.1) is 24.0 Å². The summed E-state index contributed by atoms with van der Waals surface area (Å²) in [4.78, 5) is 11.0. The Hall–Kier alpha value is -2.63. The van der Waals surface area contributed by atoms with Gasteiger partial charge in [0.2, 0.25) is 0 Å². The van der Waals surface area contributed by atoms with Crippen molar-refractivity contribution in [2.45, 2.75) is 0 Å². The van der Waals surface area contributed by atoms with E-state index in [-0.39, 0.29) is 16.9 Å². The SMILES string of the molecule is COc1ccc(Nc2ccc(F)cc2C(=O)O)c(F)c1. The smallest absolute Gasteiger partial charge is 0.337 e. The van der Waals surface area contributed by atoms with E-state index in [1.165, 1.54) is 25.3 Å². The van der Waals surface area contributed by atoms with Gasteiger partial charge in [0, 0.05) is 6.07 Å². The third kappa shape index (κ3) is 2.85. The molecular formula is C14H11F2NO3. The highest BCUT2D eigenvalue weighted by molar-refractivity contribution is 5.95. The number of halogens is 2. The normalized spacial score (nSPS) is 10.2. The van der Waals surface area contributed by atoms with Gasteiger partial charge in [-0.1, -0.05) is 0 Å². The molecule has 0 unspecified atom stereocenters. The van der Waals surface area contributed by atoms with Crippen LogP contribution < -0.4 is 10.1 Å². The summed E-state index contributed by atoms with van der Waals surface area (Å²) in [6.45, 7) is 0. The zero-order chi connectivity index (χ0) is 14.7. The first kappa shape index (κ1) is 13.8. The van der Waals surface area contributed by atoms with Gasteiger partial charge in [-0.05, 0) is 30.3 Å². The lowest BCUT2D eigenvalue weighted by Gasteiger charge is -2.11. The third-order valence-electron chi connectivity index (χ3n) is 2.66. The summed E-state index contributed by atoms with van der Waals surface area (Å²) in [5.41, 5.74) is -0.108. The second-order valence-electron chi connectivity index (χ2n) is 3.97. The molecular weight excluding hydrogens is 268 g/mol. The highest BCUT2D eigenvalue weighted by Crippen LogP contribution is 2.26. The van der Waals surface area contributed by atoms with Crippen molar-refractivity contribution in [3.63, 3.8) is 0 Å². The molecule has 0 amide bonds. The van der Waals surface area contributed by atoms with Crippen molar-refractivity contribution in [3.8, 4) is 5.75 Å². The molecule has 4 nitrogen and oxygen atoms in total. The van der Waals surface area contributed by atoms with Crippen molar-refractivity contribution >= 4 is 17.3 Å². The third-order valence-corrected chi connectivity index (χ3v) is 2.66. The summed E-state index contributed by atoms with van der Waals surface area (Å²) in [7, 11) is 1.41. The second kappa shape index (κ2) is 5.56. The first-order valence-electron chi connectivity index (χ1n) is 5.64. The number of hydrogen-bond acceptors (Lipinski definition) is 3. The second-order valence-corrected chi connectivity index (χ2v) is 3.97. The van der Waals surface area contributed by atoms with Crippen LogP contribution in [0.1, 0.15) is 10.4 Å². The molecule has 0 saturated carbocycles. The Morgan fingerprint density at radius 3 is 2.45 bits per heavy atom. The molecule has 0 aliphatic rings. The van der Waals surface area contributed by atoms with E-state index in [2.05, 4.69) is 5.32 Å². The highest BCUT2D eigenvalue weighted by atomic mass is 19.1. The lowest BCUT2D eigenvalue weighted by Crippen LogP contribution is -2.04. The van der Waals surface area contributed by atoms with Crippen LogP contribution in [0.15, 0.2) is 36.4 Å². The number of ether oxygens (including phenoxy) is 1. The first-order valence-corrected chi connectivity index (χ1v) is 5.64. The highest BCUT2D eigenvalue weighted by Gasteiger charge is 2.13. The average Bonchev–Trinajstić information content (AvgIpc) is 2.42. The van der Waals surface area contributed by atoms with Gasteiger partial charge in [-0.25, -0.2) is 13.6 Å². The van der Waals surface area contributed by atoms with Crippen LogP contribution in [0.4, 0.5) is 20.2 Å². The number of carboxylic acid groups (broad SMARTS) is 1. The van der Waals surface area contributed by atoms with Crippen LogP contribution in [-0.4, -0.2) is 18.2 Å². The molecule has 6 heteroatoms. The number of carbonyl (C=O) groups is 1. The van der Waals surface area contributed by atoms with Gasteiger partial charge in [0.1, 0.15) is 17.4 Å². The van der Waals surface area contributed by atoms with Crippen LogP contribution >= 0.6 is 0 Å². The number of benzene rings is 2. The van der Waals surface area contributed by atoms with Crippen LogP contribution in [0.2, 0.25) is 0 Å². The van der Waals surface area contributed by atoms with Gasteiger partial charge in [-0.15, -0.1) is 0 Å². The van der Waals surface area contributed by atoms with Crippen molar-refractivity contribution in [1.82, 2.24) is 0 Å². The van der Waals surface area contributed by atoms with Gasteiger partial charge in [-0.2, -0.15) is 0 Å². The number of carboxylic acids is 1. The standard InChI is InChI=1S/C14H11F2NO3/c1-20-9-3-5-13(11(16)7-9)17-12-4-2-8(15)6-10(12)14(18)19/h2-7,17H,1H3,(H,18,19). The molecule has 0 aliphatic heterocycles. The molecule has 2 aromatic rings. The Morgan fingerprint density at radius 2 is 1.85 bits per heavy atom. The maximum Gasteiger partial charge on any atom is 0.337 e. The molecule has 104 valence electrons. The zero-order valence-electron chi connectivity index (χ0n) is 10.5. The van der Waals surface area contributed by atoms with E-state index in [0.29, 0.717) is 5.75 Å². The molecule has 0 atom stereocenters. The van der Waals surface area contributed by atoms with Crippen LogP contribution in [0.5, 0.6) is 5.75 Å². The van der Waals surface area contributed by atoms with Crippen molar-refractivity contribution in [2.75, 3.05) is 12.4 Å². The van der Waals surface area contributed by atoms with E-state index in [0.717, 1.165) is 18.2 Å². The zero-order valence-corrected chi connectivity index (χ0v) is 10.5. The summed E-state index contributed by atoms with van der Waals surface area (Å²) >= 11 is 0. The summed E-state index contributed by atoms with van der Waals surface area (Å²) in [6.07, 6.45) is 0. The fourth-order valence-corrected chi connectivity index (χ4v) is 1.67. The monoisotopic (exact) mass is 279 g/mol. The van der Waals surface area contributed by atoms with Gasteiger partial charge in [0.25, 0.3) is 0 Å². The van der Waals surface area contributed by atoms with Crippen molar-refractivity contribution < 1.29 is 23.4 Å². The molecule has 0 bridgehead atoms. The Bertz CT molecular complexity index is 659. The summed E-state index contributed by atoms with van der Waals surface area (Å²) in [5.74, 6) is -2.25. The van der Waals surface area contributed by atoms with Crippen LogP contribution in [-0.2, 0) is 0 Å². The molecule has 0 saturated heterocycles. The maximum absolute atomic E-state index is 13.8. The predicted molar refractivity (Wildman–Crippen MR) is 69.6 cm³/mol. The minimum absolute atomic E-state index is 0.0694. The van der Waals surface area contributed by atoms with Gasteiger partial charge < -0.3 is 15.2 Å². The molecule has 2 N–H and O–H groups in total. The molecule has 0 aromatic heterocycles. The largest absolute Gasteiger partial charge is 0.497 e. The fraction of sp³-hybridized carbons (Fsp3) is 0.0714. The quantitative estimate of drug-likeness (QED) is 0.900. The number of hydrogen-bond donors (Lipinski definition) is 2. The van der Waals surface area contributed by atoms with E-state index in [1.54, 1.807) is 0 Å². The Balaban J connectivity index is 2.37. The minimum atomic E-state index is -1.30. The van der Waals surface area contributed by atoms with Crippen molar-refractivity contribution in [3.05, 3.63) is 53.6 Å². The van der Waals surface area contributed by atoms with Gasteiger partial charge in [-0.3, -0.25) is 0 Å². The number of aromatic carboxylic acids is 1. The molecule has 0 radical (unpaired) electrons. The lowest BCUT2D eigenvalue weighted by molar-refractivity contribution is 0.0697. The summed E-state index contributed by atoms with van der Waals surface area (Å²) in [6, 6.07) is 7.29. The Labute approximate surface area is 113 Å². The topological polar surface area (TPSA) is 58.6 Å². The number of anilines is 2. The average molecular weight is 279 g/mol. The molecule has 2 aromatic carbocycles. The van der Waals surface area contributed by atoms with Crippen LogP contribution in [0, 0.1) is 11.6 Å². The van der Waals surface area contributed by atoms with E-state index < -0.39 is 17.6 Å². The summed E-state index contributed by atoms with van der Waals surface area (Å²) in [5, 5.41) is 11.6. The molecule has 0 fully saturated rings. The number of nitrogens with one attached hydrogen (secondary N) is 1. The van der Waals surface area contributed by atoms with Crippen molar-refractivity contribution in [1.29, 1.82) is 0 Å². The predicted octanol–water partition coefficient (Wildman–Crippen LogP) is 3.42. The van der Waals surface area contributed by atoms with E-state index in [4.69, 9.17) is 9.84 Å². The Morgan fingerprint density at radius 1 is 1.15 bits per heavy atom. The molecule has 2 rings (SSSR count). The number of rotatable bonds is 4. The minimum Gasteiger partial charge on any atom is -0.497 e. The number of methoxy groups -OCH3 is 1. The fourth-order valence-electron chi connectivity index (χ4n) is 1.67. The lowest BCUT2D eigenvalue weighted by atomic mass is 10.1. The maximum atomic E-state index is 13.8. The van der Waals surface area contributed by atoms with Gasteiger partial charge in [0.15, 0.2) is 0 Å². The van der Waals surface area contributed by atoms with Gasteiger partial charge >= 0.3 is 5.97 Å². The first-order chi connectivity index (χ1) is 9.51. The van der Waals surface area contributed by atoms with Crippen molar-refractivity contribution in [2.24, 2.45) is 0 Å². The summed E-state index contributed by atoms with van der Waals surface area (Å²) < 4.78 is 31.7. The molecule has 0 heterocycles. The van der Waals surface area contributed by atoms with E-state index in [9.17, 15) is 13.6 Å². The van der Waals surface area contributed by atoms with E-state index in [1.807, 2.05) is 0 Å². The van der Waals surface area contributed by atoms with Crippen LogP contribution in [0.3, 0.4) is 0 Å². The van der Waals surface area contributed by atoms with Crippen LogP contribution in [0.25, 0.3) is 0 Å². The molecule has 0 aliphatic carbocycles. The Kier molecular flexibility index (Phi) is 3.84.